The third-order valence-corrected chi connectivity index (χ3v) is 4.93. The lowest BCUT2D eigenvalue weighted by Crippen LogP contribution is -2.14. The molecule has 0 aliphatic carbocycles. The molecule has 0 radical (unpaired) electrons. The first-order valence-corrected chi connectivity index (χ1v) is 7.91. The van der Waals surface area contributed by atoms with E-state index in [0.29, 0.717) is 0 Å². The molecule has 0 spiro atoms. The Balaban J connectivity index is 2.40. The Labute approximate surface area is 125 Å². The van der Waals surface area contributed by atoms with E-state index in [-0.39, 0.29) is 16.3 Å². The van der Waals surface area contributed by atoms with E-state index in [1.54, 1.807) is 13.0 Å². The zero-order chi connectivity index (χ0) is 14.9. The molecule has 0 aliphatic heterocycles. The van der Waals surface area contributed by atoms with Gasteiger partial charge in [0, 0.05) is 10.2 Å². The fraction of sp³-hybridized carbons (Fsp3) is 0.0769. The number of rotatable bonds is 3. The molecule has 0 atom stereocenters. The lowest BCUT2D eigenvalue weighted by atomic mass is 10.2. The molecule has 0 aliphatic rings. The van der Waals surface area contributed by atoms with Crippen LogP contribution in [0.3, 0.4) is 0 Å². The smallest absolute Gasteiger partial charge is 0.261 e. The van der Waals surface area contributed by atoms with Crippen LogP contribution in [-0.2, 0) is 10.0 Å². The van der Waals surface area contributed by atoms with E-state index in [2.05, 4.69) is 20.7 Å². The van der Waals surface area contributed by atoms with E-state index in [1.807, 2.05) is 0 Å². The van der Waals surface area contributed by atoms with Gasteiger partial charge in [0.1, 0.15) is 5.82 Å². The number of nitrogen functional groups attached to an aromatic ring is 1. The molecule has 0 amide bonds. The molecule has 0 heterocycles. The van der Waals surface area contributed by atoms with Gasteiger partial charge in [-0.1, -0.05) is 15.9 Å². The van der Waals surface area contributed by atoms with Gasteiger partial charge in [-0.05, 0) is 48.9 Å². The van der Waals surface area contributed by atoms with E-state index < -0.39 is 15.8 Å². The Morgan fingerprint density at radius 2 is 1.90 bits per heavy atom. The molecule has 2 aromatic rings. The van der Waals surface area contributed by atoms with Crippen LogP contribution in [0, 0.1) is 12.7 Å². The topological polar surface area (TPSA) is 72.2 Å². The fourth-order valence-electron chi connectivity index (χ4n) is 1.61. The van der Waals surface area contributed by atoms with Crippen LogP contribution in [0.15, 0.2) is 45.8 Å². The van der Waals surface area contributed by atoms with Crippen molar-refractivity contribution in [3.05, 3.63) is 52.3 Å². The molecule has 0 saturated heterocycles. The normalized spacial score (nSPS) is 11.3. The molecular weight excluding hydrogens is 347 g/mol. The summed E-state index contributed by atoms with van der Waals surface area (Å²) in [6, 6.07) is 8.26. The molecular formula is C13H12BrFN2O2S. The van der Waals surface area contributed by atoms with Crippen LogP contribution in [0.4, 0.5) is 15.8 Å². The maximum atomic E-state index is 13.6. The van der Waals surface area contributed by atoms with Gasteiger partial charge in [-0.15, -0.1) is 0 Å². The Morgan fingerprint density at radius 1 is 1.20 bits per heavy atom. The minimum Gasteiger partial charge on any atom is -0.399 e. The molecule has 0 bridgehead atoms. The van der Waals surface area contributed by atoms with Crippen LogP contribution < -0.4 is 10.5 Å². The second-order valence-corrected chi connectivity index (χ2v) is 6.79. The molecule has 2 aromatic carbocycles. The summed E-state index contributed by atoms with van der Waals surface area (Å²) in [6.45, 7) is 1.77. The summed E-state index contributed by atoms with van der Waals surface area (Å²) in [5.74, 6) is -0.684. The average molecular weight is 359 g/mol. The summed E-state index contributed by atoms with van der Waals surface area (Å²) >= 11 is 3.29. The zero-order valence-electron chi connectivity index (χ0n) is 10.5. The van der Waals surface area contributed by atoms with Crippen LogP contribution in [0.25, 0.3) is 0 Å². The van der Waals surface area contributed by atoms with Crippen LogP contribution in [-0.4, -0.2) is 8.42 Å². The van der Waals surface area contributed by atoms with Crippen molar-refractivity contribution in [2.45, 2.75) is 11.8 Å². The summed E-state index contributed by atoms with van der Waals surface area (Å²) in [5, 5.41) is 0. The number of hydrogen-bond donors (Lipinski definition) is 2. The molecule has 0 aromatic heterocycles. The van der Waals surface area contributed by atoms with Gasteiger partial charge >= 0.3 is 0 Å². The van der Waals surface area contributed by atoms with E-state index in [4.69, 9.17) is 5.73 Å². The molecule has 2 rings (SSSR count). The zero-order valence-corrected chi connectivity index (χ0v) is 12.9. The van der Waals surface area contributed by atoms with Crippen LogP contribution in [0.5, 0.6) is 0 Å². The summed E-state index contributed by atoms with van der Waals surface area (Å²) < 4.78 is 40.9. The second kappa shape index (κ2) is 5.41. The maximum Gasteiger partial charge on any atom is 0.261 e. The molecule has 0 unspecified atom stereocenters. The van der Waals surface area contributed by atoms with Gasteiger partial charge in [0.05, 0.1) is 10.6 Å². The largest absolute Gasteiger partial charge is 0.399 e. The molecule has 0 saturated carbocycles. The summed E-state index contributed by atoms with van der Waals surface area (Å²) in [5.41, 5.74) is 6.38. The number of hydrogen-bond acceptors (Lipinski definition) is 3. The first-order valence-electron chi connectivity index (χ1n) is 5.63. The van der Waals surface area contributed by atoms with Crippen molar-refractivity contribution in [1.82, 2.24) is 0 Å². The molecule has 7 heteroatoms. The van der Waals surface area contributed by atoms with Crippen molar-refractivity contribution in [1.29, 1.82) is 0 Å². The highest BCUT2D eigenvalue weighted by molar-refractivity contribution is 9.10. The number of aryl methyl sites for hydroxylation is 1. The van der Waals surface area contributed by atoms with Gasteiger partial charge in [0.15, 0.2) is 0 Å². The Bertz CT molecular complexity index is 763. The van der Waals surface area contributed by atoms with Crippen LogP contribution in [0.1, 0.15) is 5.56 Å². The Hall–Kier alpha value is -1.60. The third-order valence-electron chi connectivity index (χ3n) is 2.67. The van der Waals surface area contributed by atoms with E-state index in [9.17, 15) is 12.8 Å². The first kappa shape index (κ1) is 14.8. The van der Waals surface area contributed by atoms with Crippen LogP contribution in [0.2, 0.25) is 0 Å². The van der Waals surface area contributed by atoms with Crippen LogP contribution >= 0.6 is 15.9 Å². The van der Waals surface area contributed by atoms with E-state index in [1.165, 1.54) is 24.3 Å². The minimum atomic E-state index is -3.86. The van der Waals surface area contributed by atoms with Gasteiger partial charge in [-0.2, -0.15) is 0 Å². The summed E-state index contributed by atoms with van der Waals surface area (Å²) in [4.78, 5) is 0.0556. The van der Waals surface area contributed by atoms with Crippen molar-refractivity contribution in [3.8, 4) is 0 Å². The number of halogens is 2. The Morgan fingerprint density at radius 3 is 2.55 bits per heavy atom. The molecule has 106 valence electrons. The lowest BCUT2D eigenvalue weighted by Gasteiger charge is -2.10. The maximum absolute atomic E-state index is 13.6. The molecule has 0 fully saturated rings. The Kier molecular flexibility index (Phi) is 4.01. The van der Waals surface area contributed by atoms with Crippen molar-refractivity contribution in [2.24, 2.45) is 0 Å². The monoisotopic (exact) mass is 358 g/mol. The quantitative estimate of drug-likeness (QED) is 0.827. The molecule has 4 nitrogen and oxygen atoms in total. The molecule has 20 heavy (non-hydrogen) atoms. The van der Waals surface area contributed by atoms with Gasteiger partial charge in [-0.3, -0.25) is 4.72 Å². The number of nitrogens with two attached hydrogens (primary N) is 1. The summed E-state index contributed by atoms with van der Waals surface area (Å²) in [6.07, 6.45) is 0. The van der Waals surface area contributed by atoms with Gasteiger partial charge in [0.2, 0.25) is 0 Å². The van der Waals surface area contributed by atoms with Crippen molar-refractivity contribution < 1.29 is 12.8 Å². The number of benzene rings is 2. The van der Waals surface area contributed by atoms with Gasteiger partial charge < -0.3 is 5.73 Å². The predicted octanol–water partition coefficient (Wildman–Crippen LogP) is 3.28. The van der Waals surface area contributed by atoms with Crippen molar-refractivity contribution in [2.75, 3.05) is 10.5 Å². The number of nitrogens with one attached hydrogen (secondary N) is 1. The molecule has 3 N–H and O–H groups in total. The standard InChI is InChI=1S/C13H12BrFN2O2S/c1-8-6-10(3-4-11(8)14)20(18,19)17-13-7-9(16)2-5-12(13)15/h2-7,17H,16H2,1H3. The summed E-state index contributed by atoms with van der Waals surface area (Å²) in [7, 11) is -3.86. The fourth-order valence-corrected chi connectivity index (χ4v) is 3.00. The average Bonchev–Trinajstić information content (AvgIpc) is 2.36. The van der Waals surface area contributed by atoms with E-state index >= 15 is 0 Å². The second-order valence-electron chi connectivity index (χ2n) is 4.26. The predicted molar refractivity (Wildman–Crippen MR) is 80.5 cm³/mol. The number of anilines is 2. The lowest BCUT2D eigenvalue weighted by molar-refractivity contribution is 0.598. The minimum absolute atomic E-state index is 0.0556. The number of sulfonamides is 1. The highest BCUT2D eigenvalue weighted by atomic mass is 79.9. The third kappa shape index (κ3) is 3.10. The van der Waals surface area contributed by atoms with Gasteiger partial charge in [0.25, 0.3) is 10.0 Å². The first-order chi connectivity index (χ1) is 9.29. The van der Waals surface area contributed by atoms with E-state index in [0.717, 1.165) is 16.1 Å². The van der Waals surface area contributed by atoms with Crippen molar-refractivity contribution >= 4 is 37.3 Å². The highest BCUT2D eigenvalue weighted by Crippen LogP contribution is 2.24. The SMILES string of the molecule is Cc1cc(S(=O)(=O)Nc2cc(N)ccc2F)ccc1Br. The van der Waals surface area contributed by atoms with Gasteiger partial charge in [-0.25, -0.2) is 12.8 Å². The van der Waals surface area contributed by atoms with Crippen molar-refractivity contribution in [3.63, 3.8) is 0 Å². The highest BCUT2D eigenvalue weighted by Gasteiger charge is 2.17.